The minimum absolute atomic E-state index is 0.401. The number of allylic oxidation sites excluding steroid dienone is 1. The molecule has 1 fully saturated rings. The predicted octanol–water partition coefficient (Wildman–Crippen LogP) is 3.09. The highest BCUT2D eigenvalue weighted by atomic mass is 35.5. The molecule has 9 nitrogen and oxygen atoms in total. The summed E-state index contributed by atoms with van der Waals surface area (Å²) in [5.74, 6) is 0.502. The molecule has 3 N–H and O–H groups in total. The van der Waals surface area contributed by atoms with Crippen LogP contribution in [0.25, 0.3) is 0 Å². The third kappa shape index (κ3) is 9.56. The number of rotatable bonds is 15. The topological polar surface area (TPSA) is 104 Å². The van der Waals surface area contributed by atoms with Gasteiger partial charge in [-0.1, -0.05) is 18.5 Å². The summed E-state index contributed by atoms with van der Waals surface area (Å²) in [4.78, 5) is 23.8. The van der Waals surface area contributed by atoms with Crippen LogP contribution >= 0.6 is 11.6 Å². The largest absolute Gasteiger partial charge is 0.390 e. The smallest absolute Gasteiger partial charge is 0.148 e. The average Bonchev–Trinajstić information content (AvgIpc) is 3.26. The summed E-state index contributed by atoms with van der Waals surface area (Å²) >= 11 is 6.51. The summed E-state index contributed by atoms with van der Waals surface area (Å²) in [5.41, 5.74) is 7.33. The van der Waals surface area contributed by atoms with Crippen molar-refractivity contribution in [1.29, 1.82) is 0 Å². The molecule has 1 aliphatic rings. The Morgan fingerprint density at radius 3 is 2.74 bits per heavy atom. The van der Waals surface area contributed by atoms with Crippen molar-refractivity contribution in [3.8, 4) is 0 Å². The molecule has 0 bridgehead atoms. The second kappa shape index (κ2) is 15.6. The number of carbonyl (C=O) groups excluding carboxylic acids is 1. The number of aliphatic imine (C=N–C) groups is 2. The SMILES string of the molecule is CCc1nn(C2CCN(C)CC2)cc1\N=C/C(Cl)=C(\N=C\N)NCCCN(C)CCCCC=O. The van der Waals surface area contributed by atoms with Gasteiger partial charge in [0.25, 0.3) is 0 Å². The van der Waals surface area contributed by atoms with Gasteiger partial charge in [-0.25, -0.2) is 4.99 Å². The minimum Gasteiger partial charge on any atom is -0.390 e. The predicted molar refractivity (Wildman–Crippen MR) is 141 cm³/mol. The molecule has 0 atom stereocenters. The van der Waals surface area contributed by atoms with Crippen molar-refractivity contribution in [2.75, 3.05) is 46.8 Å². The van der Waals surface area contributed by atoms with Crippen LogP contribution in [0.3, 0.4) is 0 Å². The minimum atomic E-state index is 0.401. The van der Waals surface area contributed by atoms with Gasteiger partial charge < -0.3 is 25.6 Å². The van der Waals surface area contributed by atoms with Crippen LogP contribution in [0, 0.1) is 0 Å². The van der Waals surface area contributed by atoms with Crippen LogP contribution < -0.4 is 11.1 Å². The first-order valence-corrected chi connectivity index (χ1v) is 12.7. The fourth-order valence-electron chi connectivity index (χ4n) is 3.96. The van der Waals surface area contributed by atoms with Gasteiger partial charge in [0.05, 0.1) is 30.5 Å². The Balaban J connectivity index is 1.93. The van der Waals surface area contributed by atoms with Gasteiger partial charge in [0.15, 0.2) is 0 Å². The highest BCUT2D eigenvalue weighted by molar-refractivity contribution is 6.39. The van der Waals surface area contributed by atoms with Gasteiger partial charge >= 0.3 is 0 Å². The number of halogens is 1. The van der Waals surface area contributed by atoms with Crippen LogP contribution in [0.4, 0.5) is 5.69 Å². The summed E-state index contributed by atoms with van der Waals surface area (Å²) in [6.45, 7) is 6.89. The normalized spacial score (nSPS) is 16.6. The van der Waals surface area contributed by atoms with E-state index in [9.17, 15) is 4.79 Å². The van der Waals surface area contributed by atoms with Crippen molar-refractivity contribution in [2.24, 2.45) is 15.7 Å². The van der Waals surface area contributed by atoms with Crippen LogP contribution in [-0.2, 0) is 11.2 Å². The maximum Gasteiger partial charge on any atom is 0.148 e. The van der Waals surface area contributed by atoms with E-state index in [2.05, 4.69) is 50.8 Å². The Hall–Kier alpha value is -2.23. The number of likely N-dealkylation sites (tertiary alicyclic amines) is 1. The van der Waals surface area contributed by atoms with E-state index in [1.54, 1.807) is 6.21 Å². The molecule has 1 aromatic heterocycles. The quantitative estimate of drug-likeness (QED) is 0.169. The molecular weight excluding hydrogens is 452 g/mol. The van der Waals surface area contributed by atoms with E-state index in [1.165, 1.54) is 6.34 Å². The van der Waals surface area contributed by atoms with Crippen LogP contribution in [-0.4, -0.2) is 85.2 Å². The van der Waals surface area contributed by atoms with Gasteiger partial charge in [-0.05, 0) is 78.8 Å². The van der Waals surface area contributed by atoms with E-state index in [0.717, 1.165) is 82.4 Å². The van der Waals surface area contributed by atoms with Gasteiger partial charge in [-0.3, -0.25) is 9.67 Å². The fraction of sp³-hybridized carbons (Fsp3) is 0.667. The second-order valence-electron chi connectivity index (χ2n) is 8.81. The molecule has 1 aromatic rings. The van der Waals surface area contributed by atoms with Crippen LogP contribution in [0.1, 0.15) is 57.2 Å². The average molecular weight is 493 g/mol. The summed E-state index contributed by atoms with van der Waals surface area (Å²) in [7, 11) is 4.25. The van der Waals surface area contributed by atoms with Crippen molar-refractivity contribution >= 4 is 36.1 Å². The number of hydrogen-bond donors (Lipinski definition) is 2. The zero-order valence-corrected chi connectivity index (χ0v) is 21.7. The first-order chi connectivity index (χ1) is 16.5. The lowest BCUT2D eigenvalue weighted by Crippen LogP contribution is -2.31. The first-order valence-electron chi connectivity index (χ1n) is 12.3. The Labute approximate surface area is 209 Å². The number of aryl methyl sites for hydroxylation is 1. The van der Waals surface area contributed by atoms with Crippen molar-refractivity contribution < 1.29 is 4.79 Å². The zero-order chi connectivity index (χ0) is 24.8. The van der Waals surface area contributed by atoms with Crippen molar-refractivity contribution in [1.82, 2.24) is 24.9 Å². The molecule has 0 unspecified atom stereocenters. The third-order valence-electron chi connectivity index (χ3n) is 6.05. The van der Waals surface area contributed by atoms with Gasteiger partial charge in [0, 0.05) is 13.0 Å². The maximum atomic E-state index is 10.4. The van der Waals surface area contributed by atoms with E-state index in [4.69, 9.17) is 22.4 Å². The molecule has 2 rings (SSSR count). The van der Waals surface area contributed by atoms with Gasteiger partial charge in [0.2, 0.25) is 0 Å². The van der Waals surface area contributed by atoms with E-state index in [0.29, 0.717) is 29.9 Å². The Morgan fingerprint density at radius 2 is 2.06 bits per heavy atom. The Morgan fingerprint density at radius 1 is 1.32 bits per heavy atom. The van der Waals surface area contributed by atoms with E-state index >= 15 is 0 Å². The van der Waals surface area contributed by atoms with Crippen molar-refractivity contribution in [3.05, 3.63) is 22.7 Å². The Bertz CT molecular complexity index is 827. The van der Waals surface area contributed by atoms with Crippen LogP contribution in [0.15, 0.2) is 27.0 Å². The summed E-state index contributed by atoms with van der Waals surface area (Å²) < 4.78 is 2.07. The summed E-state index contributed by atoms with van der Waals surface area (Å²) in [6, 6.07) is 0.415. The number of aromatic nitrogens is 2. The molecular formula is C24H41ClN8O. The van der Waals surface area contributed by atoms with Crippen LogP contribution in [0.5, 0.6) is 0 Å². The lowest BCUT2D eigenvalue weighted by molar-refractivity contribution is -0.107. The molecule has 0 saturated carbocycles. The molecule has 0 aromatic carbocycles. The molecule has 1 aliphatic heterocycles. The lowest BCUT2D eigenvalue weighted by atomic mass is 10.1. The van der Waals surface area contributed by atoms with Crippen molar-refractivity contribution in [3.63, 3.8) is 0 Å². The van der Waals surface area contributed by atoms with Crippen LogP contribution in [0.2, 0.25) is 0 Å². The maximum absolute atomic E-state index is 10.4. The zero-order valence-electron chi connectivity index (χ0n) is 20.9. The summed E-state index contributed by atoms with van der Waals surface area (Å²) in [5, 5.41) is 8.44. The number of piperidine rings is 1. The number of nitrogens with zero attached hydrogens (tertiary/aromatic N) is 6. The summed E-state index contributed by atoms with van der Waals surface area (Å²) in [6.07, 6.45) is 12.4. The first kappa shape index (κ1) is 28.0. The standard InChI is InChI=1S/C24H41ClN8O/c1-4-22-23(18-33(30-22)20-9-14-32(3)15-10-20)28-17-21(25)24(29-19-26)27-11-8-13-31(2)12-6-5-7-16-34/h16-20,27H,4-15H2,1-3H3,(H2,26,29)/b24-21+,28-17-. The molecule has 2 heterocycles. The number of unbranched alkanes of at least 4 members (excludes halogenated alkanes) is 2. The van der Waals surface area contributed by atoms with Gasteiger partial charge in [-0.2, -0.15) is 5.10 Å². The highest BCUT2D eigenvalue weighted by Gasteiger charge is 2.20. The second-order valence-corrected chi connectivity index (χ2v) is 9.22. The highest BCUT2D eigenvalue weighted by Crippen LogP contribution is 2.26. The monoisotopic (exact) mass is 492 g/mol. The number of nitrogens with two attached hydrogens (primary N) is 1. The van der Waals surface area contributed by atoms with Crippen molar-refractivity contribution in [2.45, 2.75) is 57.9 Å². The molecule has 0 aliphatic carbocycles. The van der Waals surface area contributed by atoms with Gasteiger partial charge in [0.1, 0.15) is 22.8 Å². The molecule has 0 spiro atoms. The number of hydrogen-bond acceptors (Lipinski definition) is 7. The van der Waals surface area contributed by atoms with E-state index < -0.39 is 0 Å². The van der Waals surface area contributed by atoms with E-state index in [1.807, 2.05) is 6.20 Å². The number of aldehydes is 1. The third-order valence-corrected chi connectivity index (χ3v) is 6.33. The molecule has 0 amide bonds. The Kier molecular flexibility index (Phi) is 12.9. The van der Waals surface area contributed by atoms with Gasteiger partial charge in [-0.15, -0.1) is 0 Å². The lowest BCUT2D eigenvalue weighted by Gasteiger charge is -2.28. The fourth-order valence-corrected chi connectivity index (χ4v) is 4.12. The molecule has 34 heavy (non-hydrogen) atoms. The number of carbonyl (C=O) groups is 1. The van der Waals surface area contributed by atoms with E-state index in [-0.39, 0.29) is 0 Å². The molecule has 190 valence electrons. The molecule has 1 saturated heterocycles. The number of nitrogens with one attached hydrogen (secondary N) is 1. The molecule has 0 radical (unpaired) electrons. The molecule has 10 heteroatoms.